The standard InChI is InChI=1S/C25H24N2O5/c1-17-6-3-4-7-18(17)14-27-22-12-19(10-11-23(22)32-16-25(27)29)26-24(28)15-31-21-9-5-8-20(13-21)30-2/h3-13H,14-16H2,1-2H3,(H,26,28). The van der Waals surface area contributed by atoms with Crippen molar-refractivity contribution in [1.82, 2.24) is 0 Å². The Labute approximate surface area is 186 Å². The largest absolute Gasteiger partial charge is 0.497 e. The van der Waals surface area contributed by atoms with Gasteiger partial charge in [-0.2, -0.15) is 0 Å². The highest BCUT2D eigenvalue weighted by atomic mass is 16.5. The van der Waals surface area contributed by atoms with E-state index >= 15 is 0 Å². The van der Waals surface area contributed by atoms with Crippen LogP contribution < -0.4 is 24.4 Å². The monoisotopic (exact) mass is 432 g/mol. The molecule has 0 bridgehead atoms. The summed E-state index contributed by atoms with van der Waals surface area (Å²) >= 11 is 0. The van der Waals surface area contributed by atoms with Gasteiger partial charge in [-0.25, -0.2) is 0 Å². The first-order valence-corrected chi connectivity index (χ1v) is 10.2. The SMILES string of the molecule is COc1cccc(OCC(=O)Nc2ccc3c(c2)N(Cc2ccccc2C)C(=O)CO3)c1. The zero-order valence-electron chi connectivity index (χ0n) is 18.0. The Hall–Kier alpha value is -4.00. The van der Waals surface area contributed by atoms with Crippen molar-refractivity contribution in [2.45, 2.75) is 13.5 Å². The highest BCUT2D eigenvalue weighted by Gasteiger charge is 2.26. The first-order chi connectivity index (χ1) is 15.5. The van der Waals surface area contributed by atoms with Gasteiger partial charge in [0.1, 0.15) is 17.2 Å². The summed E-state index contributed by atoms with van der Waals surface area (Å²) in [6.07, 6.45) is 0. The number of amides is 2. The molecule has 0 radical (unpaired) electrons. The molecule has 0 saturated heterocycles. The number of rotatable bonds is 7. The smallest absolute Gasteiger partial charge is 0.265 e. The maximum absolute atomic E-state index is 12.6. The molecule has 1 aliphatic rings. The third-order valence-corrected chi connectivity index (χ3v) is 5.19. The highest BCUT2D eigenvalue weighted by molar-refractivity contribution is 5.99. The first-order valence-electron chi connectivity index (χ1n) is 10.2. The highest BCUT2D eigenvalue weighted by Crippen LogP contribution is 2.35. The molecule has 164 valence electrons. The Bertz CT molecular complexity index is 1140. The number of anilines is 2. The van der Waals surface area contributed by atoms with Crippen LogP contribution in [-0.2, 0) is 16.1 Å². The third kappa shape index (κ3) is 4.83. The maximum Gasteiger partial charge on any atom is 0.265 e. The van der Waals surface area contributed by atoms with Crippen molar-refractivity contribution in [3.05, 3.63) is 77.9 Å². The summed E-state index contributed by atoms with van der Waals surface area (Å²) < 4.78 is 16.3. The molecular formula is C25H24N2O5. The number of hydrogen-bond acceptors (Lipinski definition) is 5. The van der Waals surface area contributed by atoms with Crippen LogP contribution in [0.1, 0.15) is 11.1 Å². The fourth-order valence-corrected chi connectivity index (χ4v) is 3.45. The molecule has 2 amide bonds. The minimum absolute atomic E-state index is 0.0149. The van der Waals surface area contributed by atoms with E-state index in [4.69, 9.17) is 14.2 Å². The molecule has 0 spiro atoms. The van der Waals surface area contributed by atoms with Gasteiger partial charge in [0.05, 0.1) is 19.3 Å². The molecule has 0 fully saturated rings. The van der Waals surface area contributed by atoms with Gasteiger partial charge in [0, 0.05) is 11.8 Å². The number of methoxy groups -OCH3 is 1. The van der Waals surface area contributed by atoms with Crippen LogP contribution in [0.15, 0.2) is 66.7 Å². The van der Waals surface area contributed by atoms with Gasteiger partial charge < -0.3 is 24.4 Å². The minimum Gasteiger partial charge on any atom is -0.497 e. The number of nitrogens with zero attached hydrogens (tertiary/aromatic N) is 1. The van der Waals surface area contributed by atoms with Gasteiger partial charge >= 0.3 is 0 Å². The van der Waals surface area contributed by atoms with E-state index in [-0.39, 0.29) is 25.0 Å². The molecule has 32 heavy (non-hydrogen) atoms. The topological polar surface area (TPSA) is 77.1 Å². The van der Waals surface area contributed by atoms with Gasteiger partial charge in [-0.1, -0.05) is 30.3 Å². The van der Waals surface area contributed by atoms with Crippen LogP contribution in [0.4, 0.5) is 11.4 Å². The average Bonchev–Trinajstić information content (AvgIpc) is 2.81. The van der Waals surface area contributed by atoms with Crippen molar-refractivity contribution in [3.8, 4) is 17.2 Å². The number of carbonyl (C=O) groups excluding carboxylic acids is 2. The van der Waals surface area contributed by atoms with Gasteiger partial charge in [0.25, 0.3) is 11.8 Å². The zero-order chi connectivity index (χ0) is 22.5. The summed E-state index contributed by atoms with van der Waals surface area (Å²) in [5, 5.41) is 2.81. The fraction of sp³-hybridized carbons (Fsp3) is 0.200. The Morgan fingerprint density at radius 2 is 1.88 bits per heavy atom. The van der Waals surface area contributed by atoms with Crippen LogP contribution in [0, 0.1) is 6.92 Å². The van der Waals surface area contributed by atoms with E-state index < -0.39 is 0 Å². The van der Waals surface area contributed by atoms with Gasteiger partial charge in [0.2, 0.25) is 0 Å². The molecule has 0 saturated carbocycles. The molecule has 3 aromatic rings. The van der Waals surface area contributed by atoms with Gasteiger partial charge in [-0.3, -0.25) is 9.59 Å². The Morgan fingerprint density at radius 3 is 2.69 bits per heavy atom. The molecule has 7 nitrogen and oxygen atoms in total. The number of fused-ring (bicyclic) bond motifs is 1. The Balaban J connectivity index is 1.47. The summed E-state index contributed by atoms with van der Waals surface area (Å²) in [5.41, 5.74) is 3.33. The number of nitrogens with one attached hydrogen (secondary N) is 1. The minimum atomic E-state index is -0.318. The van der Waals surface area contributed by atoms with E-state index in [1.165, 1.54) is 0 Å². The molecular weight excluding hydrogens is 408 g/mol. The van der Waals surface area contributed by atoms with Crippen molar-refractivity contribution in [2.24, 2.45) is 0 Å². The number of hydrogen-bond donors (Lipinski definition) is 1. The number of aryl methyl sites for hydroxylation is 1. The van der Waals surface area contributed by atoms with Crippen molar-refractivity contribution < 1.29 is 23.8 Å². The fourth-order valence-electron chi connectivity index (χ4n) is 3.45. The molecule has 3 aromatic carbocycles. The summed E-state index contributed by atoms with van der Waals surface area (Å²) in [6.45, 7) is 2.27. The summed E-state index contributed by atoms with van der Waals surface area (Å²) in [7, 11) is 1.57. The summed E-state index contributed by atoms with van der Waals surface area (Å²) in [5.74, 6) is 1.33. The second kappa shape index (κ2) is 9.43. The number of carbonyl (C=O) groups is 2. The van der Waals surface area contributed by atoms with E-state index in [1.807, 2.05) is 31.2 Å². The predicted octanol–water partition coefficient (Wildman–Crippen LogP) is 3.95. The zero-order valence-corrected chi connectivity index (χ0v) is 18.0. The maximum atomic E-state index is 12.6. The van der Waals surface area contributed by atoms with Crippen LogP contribution in [0.5, 0.6) is 17.2 Å². The van der Waals surface area contributed by atoms with E-state index in [2.05, 4.69) is 5.32 Å². The molecule has 4 rings (SSSR count). The lowest BCUT2D eigenvalue weighted by molar-refractivity contribution is -0.121. The van der Waals surface area contributed by atoms with Crippen LogP contribution in [0.25, 0.3) is 0 Å². The summed E-state index contributed by atoms with van der Waals surface area (Å²) in [4.78, 5) is 26.7. The molecule has 0 atom stereocenters. The van der Waals surface area contributed by atoms with E-state index in [9.17, 15) is 9.59 Å². The van der Waals surface area contributed by atoms with Crippen LogP contribution in [-0.4, -0.2) is 32.1 Å². The van der Waals surface area contributed by atoms with E-state index in [0.29, 0.717) is 35.2 Å². The molecule has 7 heteroatoms. The van der Waals surface area contributed by atoms with Crippen LogP contribution in [0.2, 0.25) is 0 Å². The Kier molecular flexibility index (Phi) is 6.26. The predicted molar refractivity (Wildman–Crippen MR) is 121 cm³/mol. The van der Waals surface area contributed by atoms with Crippen molar-refractivity contribution in [1.29, 1.82) is 0 Å². The molecule has 1 N–H and O–H groups in total. The quantitative estimate of drug-likeness (QED) is 0.612. The third-order valence-electron chi connectivity index (χ3n) is 5.19. The molecule has 1 aliphatic heterocycles. The number of ether oxygens (including phenoxy) is 3. The van der Waals surface area contributed by atoms with Gasteiger partial charge in [-0.05, 0) is 48.4 Å². The van der Waals surface area contributed by atoms with E-state index in [0.717, 1.165) is 11.1 Å². The van der Waals surface area contributed by atoms with E-state index in [1.54, 1.807) is 54.5 Å². The van der Waals surface area contributed by atoms with Crippen molar-refractivity contribution in [2.75, 3.05) is 30.5 Å². The van der Waals surface area contributed by atoms with Crippen molar-refractivity contribution in [3.63, 3.8) is 0 Å². The molecule has 0 aromatic heterocycles. The Morgan fingerprint density at radius 1 is 1.06 bits per heavy atom. The summed E-state index contributed by atoms with van der Waals surface area (Å²) in [6, 6.07) is 20.2. The number of benzene rings is 3. The van der Waals surface area contributed by atoms with Crippen LogP contribution in [0.3, 0.4) is 0 Å². The molecule has 0 unspecified atom stereocenters. The van der Waals surface area contributed by atoms with Gasteiger partial charge in [0.15, 0.2) is 13.2 Å². The van der Waals surface area contributed by atoms with Crippen molar-refractivity contribution >= 4 is 23.2 Å². The lowest BCUT2D eigenvalue weighted by Gasteiger charge is -2.30. The normalized spacial score (nSPS) is 12.6. The lowest BCUT2D eigenvalue weighted by Crippen LogP contribution is -2.38. The second-order valence-electron chi connectivity index (χ2n) is 7.39. The molecule has 1 heterocycles. The average molecular weight is 432 g/mol. The van der Waals surface area contributed by atoms with Crippen LogP contribution >= 0.6 is 0 Å². The first kappa shape index (κ1) is 21.2. The van der Waals surface area contributed by atoms with Gasteiger partial charge in [-0.15, -0.1) is 0 Å². The molecule has 0 aliphatic carbocycles. The second-order valence-corrected chi connectivity index (χ2v) is 7.39. The lowest BCUT2D eigenvalue weighted by atomic mass is 10.1.